The molecule has 122 valence electrons. The van der Waals surface area contributed by atoms with Crippen LogP contribution in [-0.4, -0.2) is 49.6 Å². The van der Waals surface area contributed by atoms with Gasteiger partial charge in [-0.05, 0) is 18.3 Å². The molecular formula is C13H24N2O5S. The predicted molar refractivity (Wildman–Crippen MR) is 78.8 cm³/mol. The molecule has 1 aliphatic rings. The van der Waals surface area contributed by atoms with Gasteiger partial charge in [0.1, 0.15) is 0 Å². The van der Waals surface area contributed by atoms with Crippen LogP contribution in [-0.2, 0) is 14.6 Å². The van der Waals surface area contributed by atoms with E-state index in [1.807, 2.05) is 20.8 Å². The maximum atomic E-state index is 11.7. The maximum Gasteiger partial charge on any atom is 0.315 e. The van der Waals surface area contributed by atoms with E-state index in [9.17, 15) is 18.0 Å². The molecule has 1 saturated heterocycles. The quantitative estimate of drug-likeness (QED) is 0.687. The average molecular weight is 320 g/mol. The van der Waals surface area contributed by atoms with Gasteiger partial charge >= 0.3 is 12.0 Å². The van der Waals surface area contributed by atoms with Gasteiger partial charge in [0.05, 0.1) is 17.4 Å². The zero-order valence-corrected chi connectivity index (χ0v) is 13.5. The van der Waals surface area contributed by atoms with E-state index in [2.05, 4.69) is 10.6 Å². The van der Waals surface area contributed by atoms with Crippen LogP contribution in [0.15, 0.2) is 0 Å². The topological polar surface area (TPSA) is 113 Å². The minimum absolute atomic E-state index is 0.0257. The van der Waals surface area contributed by atoms with Crippen molar-refractivity contribution < 1.29 is 23.1 Å². The molecule has 0 aromatic heterocycles. The van der Waals surface area contributed by atoms with E-state index in [-0.39, 0.29) is 29.5 Å². The molecule has 2 amide bonds. The largest absolute Gasteiger partial charge is 0.481 e. The van der Waals surface area contributed by atoms with Crippen molar-refractivity contribution in [3.63, 3.8) is 0 Å². The minimum Gasteiger partial charge on any atom is -0.481 e. The van der Waals surface area contributed by atoms with Crippen LogP contribution in [0.25, 0.3) is 0 Å². The van der Waals surface area contributed by atoms with Crippen molar-refractivity contribution in [1.82, 2.24) is 10.6 Å². The Hall–Kier alpha value is -1.31. The number of amides is 2. The molecule has 0 saturated carbocycles. The first-order chi connectivity index (χ1) is 9.48. The van der Waals surface area contributed by atoms with Crippen molar-refractivity contribution in [3.8, 4) is 0 Å². The molecule has 8 heteroatoms. The van der Waals surface area contributed by atoms with E-state index in [4.69, 9.17) is 5.11 Å². The Labute approximate surface area is 125 Å². The maximum absolute atomic E-state index is 11.7. The summed E-state index contributed by atoms with van der Waals surface area (Å²) < 4.78 is 22.6. The van der Waals surface area contributed by atoms with Crippen molar-refractivity contribution in [2.45, 2.75) is 39.7 Å². The molecule has 2 atom stereocenters. The number of carboxylic acids is 1. The first-order valence-corrected chi connectivity index (χ1v) is 8.78. The van der Waals surface area contributed by atoms with Crippen LogP contribution >= 0.6 is 0 Å². The second-order valence-electron chi connectivity index (χ2n) is 6.75. The lowest BCUT2D eigenvalue weighted by Gasteiger charge is -2.23. The summed E-state index contributed by atoms with van der Waals surface area (Å²) in [6.45, 7) is 5.84. The fraction of sp³-hybridized carbons (Fsp3) is 0.846. The van der Waals surface area contributed by atoms with E-state index in [0.717, 1.165) is 0 Å². The highest BCUT2D eigenvalue weighted by atomic mass is 32.2. The summed E-state index contributed by atoms with van der Waals surface area (Å²) in [6.07, 6.45) is 0.848. The molecule has 0 aliphatic carbocycles. The number of sulfone groups is 1. The van der Waals surface area contributed by atoms with Gasteiger partial charge in [0.25, 0.3) is 0 Å². The van der Waals surface area contributed by atoms with Gasteiger partial charge in [-0.15, -0.1) is 0 Å². The van der Waals surface area contributed by atoms with E-state index >= 15 is 0 Å². The summed E-state index contributed by atoms with van der Waals surface area (Å²) in [5.41, 5.74) is -0.152. The molecule has 0 aromatic rings. The molecule has 3 N–H and O–H groups in total. The van der Waals surface area contributed by atoms with Crippen LogP contribution in [0, 0.1) is 11.3 Å². The highest BCUT2D eigenvalue weighted by Crippen LogP contribution is 2.24. The van der Waals surface area contributed by atoms with Gasteiger partial charge in [0, 0.05) is 12.6 Å². The van der Waals surface area contributed by atoms with Crippen LogP contribution in [0.2, 0.25) is 0 Å². The van der Waals surface area contributed by atoms with E-state index in [1.165, 1.54) is 0 Å². The van der Waals surface area contributed by atoms with Crippen molar-refractivity contribution in [2.75, 3.05) is 18.1 Å². The summed E-state index contributed by atoms with van der Waals surface area (Å²) >= 11 is 0. The summed E-state index contributed by atoms with van der Waals surface area (Å²) in [5.74, 6) is -1.58. The van der Waals surface area contributed by atoms with Crippen molar-refractivity contribution in [2.24, 2.45) is 11.3 Å². The van der Waals surface area contributed by atoms with Gasteiger partial charge in [-0.2, -0.15) is 0 Å². The first-order valence-electron chi connectivity index (χ1n) is 6.96. The zero-order chi connectivity index (χ0) is 16.3. The third-order valence-electron chi connectivity index (χ3n) is 3.28. The molecule has 0 radical (unpaired) electrons. The van der Waals surface area contributed by atoms with Gasteiger partial charge in [-0.25, -0.2) is 13.2 Å². The van der Waals surface area contributed by atoms with Gasteiger partial charge in [-0.1, -0.05) is 20.8 Å². The normalized spacial score (nSPS) is 22.5. The lowest BCUT2D eigenvalue weighted by Crippen LogP contribution is -2.45. The van der Waals surface area contributed by atoms with Crippen LogP contribution in [0.3, 0.4) is 0 Å². The molecule has 1 fully saturated rings. The van der Waals surface area contributed by atoms with E-state index in [1.54, 1.807) is 0 Å². The number of aliphatic carboxylic acids is 1. The fourth-order valence-electron chi connectivity index (χ4n) is 2.35. The molecule has 2 unspecified atom stereocenters. The van der Waals surface area contributed by atoms with E-state index in [0.29, 0.717) is 12.8 Å². The standard InChI is InChI=1S/C13H24N2O5S/c1-13(2,3)6-9(11(16)17)7-14-12(18)15-10-4-5-21(19,20)8-10/h9-10H,4-8H2,1-3H3,(H,16,17)(H2,14,15,18). The van der Waals surface area contributed by atoms with Gasteiger partial charge < -0.3 is 15.7 Å². The monoisotopic (exact) mass is 320 g/mol. The summed E-state index contributed by atoms with van der Waals surface area (Å²) in [4.78, 5) is 22.9. The van der Waals surface area contributed by atoms with Crippen LogP contribution in [0.1, 0.15) is 33.6 Å². The molecular weight excluding hydrogens is 296 g/mol. The smallest absolute Gasteiger partial charge is 0.315 e. The Balaban J connectivity index is 2.42. The van der Waals surface area contributed by atoms with E-state index < -0.39 is 27.8 Å². The number of hydrogen-bond acceptors (Lipinski definition) is 4. The Morgan fingerprint density at radius 1 is 1.33 bits per heavy atom. The Bertz CT molecular complexity index is 495. The van der Waals surface area contributed by atoms with Crippen LogP contribution in [0.5, 0.6) is 0 Å². The Morgan fingerprint density at radius 2 is 1.95 bits per heavy atom. The van der Waals surface area contributed by atoms with Gasteiger partial charge in [0.2, 0.25) is 0 Å². The second kappa shape index (κ2) is 6.64. The lowest BCUT2D eigenvalue weighted by molar-refractivity contribution is -0.142. The Morgan fingerprint density at radius 3 is 2.38 bits per heavy atom. The SMILES string of the molecule is CC(C)(C)CC(CNC(=O)NC1CCS(=O)(=O)C1)C(=O)O. The lowest BCUT2D eigenvalue weighted by atomic mass is 9.84. The number of nitrogens with one attached hydrogen (secondary N) is 2. The summed E-state index contributed by atoms with van der Waals surface area (Å²) in [7, 11) is -3.05. The average Bonchev–Trinajstić information content (AvgIpc) is 2.62. The molecule has 0 bridgehead atoms. The molecule has 7 nitrogen and oxygen atoms in total. The van der Waals surface area contributed by atoms with Crippen molar-refractivity contribution in [1.29, 1.82) is 0 Å². The third kappa shape index (κ3) is 6.79. The molecule has 0 aromatic carbocycles. The fourth-order valence-corrected chi connectivity index (χ4v) is 4.02. The molecule has 21 heavy (non-hydrogen) atoms. The molecule has 1 rings (SSSR count). The first kappa shape index (κ1) is 17.7. The highest BCUT2D eigenvalue weighted by Gasteiger charge is 2.29. The molecule has 0 spiro atoms. The van der Waals surface area contributed by atoms with Crippen molar-refractivity contribution in [3.05, 3.63) is 0 Å². The number of rotatable bonds is 5. The Kier molecular flexibility index (Phi) is 5.61. The highest BCUT2D eigenvalue weighted by molar-refractivity contribution is 7.91. The predicted octanol–water partition coefficient (Wildman–Crippen LogP) is 0.610. The number of carbonyl (C=O) groups excluding carboxylic acids is 1. The summed E-state index contributed by atoms with van der Waals surface area (Å²) in [5, 5.41) is 14.2. The number of carbonyl (C=O) groups is 2. The summed E-state index contributed by atoms with van der Waals surface area (Å²) in [6, 6.07) is -0.904. The molecule has 1 aliphatic heterocycles. The van der Waals surface area contributed by atoms with Crippen LogP contribution in [0.4, 0.5) is 4.79 Å². The minimum atomic E-state index is -3.05. The van der Waals surface area contributed by atoms with Gasteiger partial charge in [0.15, 0.2) is 9.84 Å². The van der Waals surface area contributed by atoms with Crippen molar-refractivity contribution >= 4 is 21.8 Å². The number of urea groups is 1. The van der Waals surface area contributed by atoms with Crippen LogP contribution < -0.4 is 10.6 Å². The molecule has 1 heterocycles. The second-order valence-corrected chi connectivity index (χ2v) is 8.98. The zero-order valence-electron chi connectivity index (χ0n) is 12.7. The third-order valence-corrected chi connectivity index (χ3v) is 5.05. The van der Waals surface area contributed by atoms with Gasteiger partial charge in [-0.3, -0.25) is 4.79 Å². The number of carboxylic acid groups (broad SMARTS) is 1. The number of hydrogen-bond donors (Lipinski definition) is 3.